The van der Waals surface area contributed by atoms with E-state index in [9.17, 15) is 19.4 Å². The molecular formula is C54H103N2O6P. The summed E-state index contributed by atoms with van der Waals surface area (Å²) in [5, 5.41) is 13.8. The first-order valence-electron chi connectivity index (χ1n) is 26.5. The number of amides is 1. The molecule has 0 aromatic carbocycles. The zero-order valence-electron chi connectivity index (χ0n) is 42.0. The molecule has 9 heteroatoms. The second kappa shape index (κ2) is 45.6. The number of aliphatic hydroxyl groups is 1. The van der Waals surface area contributed by atoms with E-state index in [0.29, 0.717) is 17.4 Å². The van der Waals surface area contributed by atoms with Gasteiger partial charge in [-0.3, -0.25) is 9.36 Å². The molecule has 0 radical (unpaired) electrons. The Balaban J connectivity index is 4.27. The summed E-state index contributed by atoms with van der Waals surface area (Å²) in [5.41, 5.74) is 0. The lowest BCUT2D eigenvalue weighted by molar-refractivity contribution is -0.870. The third kappa shape index (κ3) is 48.2. The van der Waals surface area contributed by atoms with Crippen molar-refractivity contribution >= 4 is 13.7 Å². The van der Waals surface area contributed by atoms with E-state index in [2.05, 4.69) is 55.6 Å². The summed E-state index contributed by atoms with van der Waals surface area (Å²) in [4.78, 5) is 25.3. The lowest BCUT2D eigenvalue weighted by atomic mass is 10.0. The van der Waals surface area contributed by atoms with Crippen molar-refractivity contribution in [1.29, 1.82) is 0 Å². The van der Waals surface area contributed by atoms with Gasteiger partial charge >= 0.3 is 0 Å². The lowest BCUT2D eigenvalue weighted by Crippen LogP contribution is -2.45. The average molecular weight is 907 g/mol. The van der Waals surface area contributed by atoms with Crippen molar-refractivity contribution in [2.75, 3.05) is 40.9 Å². The van der Waals surface area contributed by atoms with E-state index in [-0.39, 0.29) is 12.5 Å². The number of nitrogens with one attached hydrogen (secondary N) is 1. The molecule has 0 bridgehead atoms. The maximum absolute atomic E-state index is 12.9. The molecule has 0 rings (SSSR count). The van der Waals surface area contributed by atoms with Crippen LogP contribution >= 0.6 is 7.82 Å². The number of hydrogen-bond acceptors (Lipinski definition) is 6. The van der Waals surface area contributed by atoms with Crippen molar-refractivity contribution in [1.82, 2.24) is 5.32 Å². The summed E-state index contributed by atoms with van der Waals surface area (Å²) in [6, 6.07) is -0.914. The number of phosphoric ester groups is 1. The van der Waals surface area contributed by atoms with E-state index in [1.54, 1.807) is 6.08 Å². The van der Waals surface area contributed by atoms with E-state index in [4.69, 9.17) is 9.05 Å². The van der Waals surface area contributed by atoms with Crippen LogP contribution in [0.5, 0.6) is 0 Å². The van der Waals surface area contributed by atoms with Crippen molar-refractivity contribution in [2.24, 2.45) is 0 Å². The Morgan fingerprint density at radius 3 is 1.30 bits per heavy atom. The number of carbonyl (C=O) groups excluding carboxylic acids is 1. The van der Waals surface area contributed by atoms with Crippen LogP contribution in [0.4, 0.5) is 0 Å². The van der Waals surface area contributed by atoms with Gasteiger partial charge in [-0.15, -0.1) is 0 Å². The van der Waals surface area contributed by atoms with Crippen LogP contribution in [0.25, 0.3) is 0 Å². The summed E-state index contributed by atoms with van der Waals surface area (Å²) >= 11 is 0. The van der Waals surface area contributed by atoms with Gasteiger partial charge in [0.25, 0.3) is 7.82 Å². The summed E-state index contributed by atoms with van der Waals surface area (Å²) < 4.78 is 23.2. The number of allylic oxidation sites excluding steroid dienone is 7. The Bertz CT molecular complexity index is 1170. The van der Waals surface area contributed by atoms with E-state index >= 15 is 0 Å². The van der Waals surface area contributed by atoms with E-state index < -0.39 is 26.6 Å². The van der Waals surface area contributed by atoms with Crippen LogP contribution in [0.15, 0.2) is 48.6 Å². The molecule has 63 heavy (non-hydrogen) atoms. The van der Waals surface area contributed by atoms with Gasteiger partial charge in [-0.05, 0) is 70.6 Å². The highest BCUT2D eigenvalue weighted by Gasteiger charge is 2.23. The Morgan fingerprint density at radius 2 is 0.889 bits per heavy atom. The summed E-state index contributed by atoms with van der Waals surface area (Å²) in [6.07, 6.45) is 59.1. The van der Waals surface area contributed by atoms with Crippen LogP contribution in [-0.2, 0) is 18.4 Å². The lowest BCUT2D eigenvalue weighted by Gasteiger charge is -2.29. The largest absolute Gasteiger partial charge is 0.756 e. The quantitative estimate of drug-likeness (QED) is 0.0272. The smallest absolute Gasteiger partial charge is 0.268 e. The molecule has 0 saturated heterocycles. The van der Waals surface area contributed by atoms with Gasteiger partial charge in [-0.2, -0.15) is 0 Å². The van der Waals surface area contributed by atoms with Gasteiger partial charge in [-0.1, -0.05) is 210 Å². The minimum Gasteiger partial charge on any atom is -0.756 e. The second-order valence-electron chi connectivity index (χ2n) is 19.2. The highest BCUT2D eigenvalue weighted by Crippen LogP contribution is 2.38. The normalized spacial score (nSPS) is 14.5. The molecule has 1 amide bonds. The fourth-order valence-electron chi connectivity index (χ4n) is 7.53. The van der Waals surface area contributed by atoms with Crippen LogP contribution < -0.4 is 10.2 Å². The summed E-state index contributed by atoms with van der Waals surface area (Å²) in [5.74, 6) is -0.221. The molecule has 0 aliphatic heterocycles. The zero-order valence-corrected chi connectivity index (χ0v) is 42.9. The molecule has 0 aromatic rings. The van der Waals surface area contributed by atoms with Crippen LogP contribution in [0.3, 0.4) is 0 Å². The van der Waals surface area contributed by atoms with Gasteiger partial charge in [0.05, 0.1) is 39.9 Å². The minimum absolute atomic E-state index is 0.0114. The molecule has 0 fully saturated rings. The van der Waals surface area contributed by atoms with Crippen molar-refractivity contribution in [3.8, 4) is 0 Å². The maximum atomic E-state index is 12.9. The van der Waals surface area contributed by atoms with Crippen molar-refractivity contribution in [3.63, 3.8) is 0 Å². The first-order chi connectivity index (χ1) is 30.5. The van der Waals surface area contributed by atoms with Crippen LogP contribution in [0.1, 0.15) is 239 Å². The number of nitrogens with zero attached hydrogens (tertiary/aromatic N) is 1. The molecular weight excluding hydrogens is 804 g/mol. The highest BCUT2D eigenvalue weighted by atomic mass is 31.2. The number of hydrogen-bond donors (Lipinski definition) is 2. The Morgan fingerprint density at radius 1 is 0.540 bits per heavy atom. The maximum Gasteiger partial charge on any atom is 0.268 e. The van der Waals surface area contributed by atoms with Crippen molar-refractivity contribution < 1.29 is 32.9 Å². The molecule has 3 atom stereocenters. The predicted molar refractivity (Wildman–Crippen MR) is 270 cm³/mol. The number of aliphatic hydroxyl groups excluding tert-OH is 1. The third-order valence-electron chi connectivity index (χ3n) is 11.7. The second-order valence-corrected chi connectivity index (χ2v) is 20.6. The standard InChI is InChI=1S/C54H103N2O6P/c1-6-8-10-12-14-16-18-20-21-22-23-24-25-26-27-28-29-30-31-32-33-34-36-37-39-41-43-45-47-53(57)52(51-62-63(59,60)61-50-49-56(3,4)5)55-54(58)48-46-44-42-40-38-35-19-17-15-13-11-9-7-2/h17,19,32-33,37,39,45,47,52-53,57H,6-16,18,20-31,34-36,38,40-44,46,48-51H2,1-5H3,(H-,55,58,59,60)/b19-17-,33-32+,39-37+,47-45+. The number of rotatable bonds is 48. The van der Waals surface area contributed by atoms with E-state index in [1.165, 1.54) is 154 Å². The molecule has 8 nitrogen and oxygen atoms in total. The van der Waals surface area contributed by atoms with Gasteiger partial charge in [0.1, 0.15) is 13.2 Å². The van der Waals surface area contributed by atoms with E-state index in [1.807, 2.05) is 27.2 Å². The number of carbonyl (C=O) groups is 1. The minimum atomic E-state index is -4.61. The van der Waals surface area contributed by atoms with Crippen LogP contribution in [0, 0.1) is 0 Å². The Hall–Kier alpha value is -1.54. The molecule has 0 aliphatic carbocycles. The molecule has 0 aromatic heterocycles. The average Bonchev–Trinajstić information content (AvgIpc) is 3.24. The number of quaternary nitrogens is 1. The fraction of sp³-hybridized carbons (Fsp3) is 0.833. The summed E-state index contributed by atoms with van der Waals surface area (Å²) in [7, 11) is 1.23. The SMILES string of the molecule is CCCCCC/C=C\CCCCCCCC(=O)NC(COP(=O)([O-])OCC[N+](C)(C)C)C(O)/C=C/CC/C=C/CC/C=C/CCCCCCCCCCCCCCCCCCCC. The Labute approximate surface area is 390 Å². The predicted octanol–water partition coefficient (Wildman–Crippen LogP) is 15.0. The molecule has 0 spiro atoms. The van der Waals surface area contributed by atoms with Gasteiger partial charge in [0.2, 0.25) is 5.91 Å². The van der Waals surface area contributed by atoms with Crippen LogP contribution in [-0.4, -0.2) is 68.5 Å². The van der Waals surface area contributed by atoms with Gasteiger partial charge in [0.15, 0.2) is 0 Å². The Kier molecular flexibility index (Phi) is 44.5. The van der Waals surface area contributed by atoms with Crippen LogP contribution in [0.2, 0.25) is 0 Å². The van der Waals surface area contributed by atoms with Gasteiger partial charge in [-0.25, -0.2) is 0 Å². The molecule has 0 heterocycles. The summed E-state index contributed by atoms with van der Waals surface area (Å²) in [6.45, 7) is 4.60. The fourth-order valence-corrected chi connectivity index (χ4v) is 8.26. The first kappa shape index (κ1) is 61.5. The molecule has 3 unspecified atom stereocenters. The monoisotopic (exact) mass is 907 g/mol. The van der Waals surface area contributed by atoms with Gasteiger partial charge in [0, 0.05) is 6.42 Å². The molecule has 2 N–H and O–H groups in total. The first-order valence-corrected chi connectivity index (χ1v) is 28.0. The topological polar surface area (TPSA) is 108 Å². The zero-order chi connectivity index (χ0) is 46.4. The number of likely N-dealkylation sites (N-methyl/N-ethyl adjacent to an activating group) is 1. The highest BCUT2D eigenvalue weighted by molar-refractivity contribution is 7.45. The van der Waals surface area contributed by atoms with Crippen molar-refractivity contribution in [2.45, 2.75) is 251 Å². The molecule has 370 valence electrons. The molecule has 0 saturated carbocycles. The number of unbranched alkanes of at least 4 members (excludes halogenated alkanes) is 29. The molecule has 0 aliphatic rings. The van der Waals surface area contributed by atoms with Crippen molar-refractivity contribution in [3.05, 3.63) is 48.6 Å². The third-order valence-corrected chi connectivity index (χ3v) is 12.7. The van der Waals surface area contributed by atoms with Gasteiger partial charge < -0.3 is 28.8 Å². The number of phosphoric acid groups is 1. The van der Waals surface area contributed by atoms with E-state index in [0.717, 1.165) is 64.2 Å².